The summed E-state index contributed by atoms with van der Waals surface area (Å²) in [7, 11) is 3.70. The minimum absolute atomic E-state index is 0. The zero-order chi connectivity index (χ0) is 21.3. The summed E-state index contributed by atoms with van der Waals surface area (Å²) in [6, 6.07) is 10.7. The van der Waals surface area contributed by atoms with Crippen LogP contribution in [-0.4, -0.2) is 86.0 Å². The fraction of sp³-hybridized carbons (Fsp3) is 0.583. The second-order valence-corrected chi connectivity index (χ2v) is 8.31. The van der Waals surface area contributed by atoms with E-state index in [4.69, 9.17) is 4.99 Å². The number of likely N-dealkylation sites (N-methyl/N-ethyl adjacent to an activating group) is 1. The summed E-state index contributed by atoms with van der Waals surface area (Å²) in [5.41, 5.74) is 2.75. The van der Waals surface area contributed by atoms with E-state index in [1.807, 2.05) is 14.1 Å². The van der Waals surface area contributed by atoms with E-state index in [-0.39, 0.29) is 35.9 Å². The van der Waals surface area contributed by atoms with Crippen molar-refractivity contribution in [3.05, 3.63) is 42.0 Å². The number of likely N-dealkylation sites (tertiary alicyclic amines) is 1. The van der Waals surface area contributed by atoms with E-state index in [1.54, 1.807) is 4.90 Å². The van der Waals surface area contributed by atoms with Gasteiger partial charge in [-0.2, -0.15) is 0 Å². The van der Waals surface area contributed by atoms with Gasteiger partial charge < -0.3 is 15.1 Å². The summed E-state index contributed by atoms with van der Waals surface area (Å²) in [5, 5.41) is 3.45. The van der Waals surface area contributed by atoms with Crippen LogP contribution in [0.5, 0.6) is 0 Å². The average Bonchev–Trinajstić information content (AvgIpc) is 3.24. The average molecular weight is 540 g/mol. The standard InChI is InChI=1S/C24H37N5O.HI/c1-4-25-24(29-18-13-21(14-19-29)20-10-6-5-7-11-20)26-15-9-17-28-16-8-12-22(28)23(30)27(2)3;/h5-7,10-11,13,22H,4,8-9,12,14-19H2,1-3H3,(H,25,26);1H. The summed E-state index contributed by atoms with van der Waals surface area (Å²) in [4.78, 5) is 23.6. The minimum Gasteiger partial charge on any atom is -0.357 e. The van der Waals surface area contributed by atoms with Crippen molar-refractivity contribution < 1.29 is 4.79 Å². The fourth-order valence-electron chi connectivity index (χ4n) is 4.33. The highest BCUT2D eigenvalue weighted by Crippen LogP contribution is 2.22. The largest absolute Gasteiger partial charge is 0.357 e. The monoisotopic (exact) mass is 539 g/mol. The summed E-state index contributed by atoms with van der Waals surface area (Å²) >= 11 is 0. The van der Waals surface area contributed by atoms with Crippen LogP contribution in [0.4, 0.5) is 0 Å². The highest BCUT2D eigenvalue weighted by Gasteiger charge is 2.31. The number of guanidine groups is 1. The predicted octanol–water partition coefficient (Wildman–Crippen LogP) is 3.30. The molecule has 3 rings (SSSR count). The molecule has 0 aliphatic carbocycles. The first-order valence-corrected chi connectivity index (χ1v) is 11.3. The number of amides is 1. The maximum absolute atomic E-state index is 12.4. The first kappa shape index (κ1) is 25.6. The predicted molar refractivity (Wildman–Crippen MR) is 140 cm³/mol. The quantitative estimate of drug-likeness (QED) is 0.250. The molecule has 1 atom stereocenters. The molecule has 0 aromatic heterocycles. The first-order chi connectivity index (χ1) is 14.6. The second-order valence-electron chi connectivity index (χ2n) is 8.31. The summed E-state index contributed by atoms with van der Waals surface area (Å²) in [5.74, 6) is 1.24. The van der Waals surface area contributed by atoms with Crippen molar-refractivity contribution in [2.24, 2.45) is 4.99 Å². The number of hydrogen-bond acceptors (Lipinski definition) is 3. The van der Waals surface area contributed by atoms with Crippen molar-refractivity contribution in [3.63, 3.8) is 0 Å². The third-order valence-electron chi connectivity index (χ3n) is 5.94. The summed E-state index contributed by atoms with van der Waals surface area (Å²) in [6.07, 6.45) is 6.43. The van der Waals surface area contributed by atoms with Gasteiger partial charge in [0.1, 0.15) is 0 Å². The van der Waals surface area contributed by atoms with Gasteiger partial charge in [-0.05, 0) is 50.3 Å². The molecule has 1 aromatic rings. The van der Waals surface area contributed by atoms with Gasteiger partial charge in [-0.25, -0.2) is 0 Å². The maximum Gasteiger partial charge on any atom is 0.239 e. The normalized spacial score (nSPS) is 19.6. The number of halogens is 1. The van der Waals surface area contributed by atoms with Gasteiger partial charge in [0, 0.05) is 46.8 Å². The van der Waals surface area contributed by atoms with Crippen molar-refractivity contribution in [2.45, 2.75) is 38.6 Å². The van der Waals surface area contributed by atoms with Crippen LogP contribution in [-0.2, 0) is 4.79 Å². The SMILES string of the molecule is CCNC(=NCCCN1CCCC1C(=O)N(C)C)N1CC=C(c2ccccc2)CC1.I. The maximum atomic E-state index is 12.4. The van der Waals surface area contributed by atoms with Crippen molar-refractivity contribution in [2.75, 3.05) is 53.4 Å². The molecule has 0 spiro atoms. The van der Waals surface area contributed by atoms with Crippen LogP contribution in [0.1, 0.15) is 38.2 Å². The van der Waals surface area contributed by atoms with Gasteiger partial charge in [-0.3, -0.25) is 14.7 Å². The van der Waals surface area contributed by atoms with E-state index in [2.05, 4.69) is 58.4 Å². The van der Waals surface area contributed by atoms with Gasteiger partial charge in [0.05, 0.1) is 6.04 Å². The van der Waals surface area contributed by atoms with Gasteiger partial charge in [0.2, 0.25) is 5.91 Å². The van der Waals surface area contributed by atoms with Gasteiger partial charge in [-0.1, -0.05) is 36.4 Å². The summed E-state index contributed by atoms with van der Waals surface area (Å²) < 4.78 is 0. The Labute approximate surface area is 204 Å². The molecule has 2 heterocycles. The first-order valence-electron chi connectivity index (χ1n) is 11.3. The molecule has 1 N–H and O–H groups in total. The molecule has 0 radical (unpaired) electrons. The molecule has 172 valence electrons. The Balaban J connectivity index is 0.00000341. The number of benzene rings is 1. The number of carbonyl (C=O) groups is 1. The lowest BCUT2D eigenvalue weighted by atomic mass is 10.00. The molecule has 7 heteroatoms. The van der Waals surface area contributed by atoms with Crippen LogP contribution in [0.3, 0.4) is 0 Å². The molecule has 1 unspecified atom stereocenters. The lowest BCUT2D eigenvalue weighted by Gasteiger charge is -2.30. The fourth-order valence-corrected chi connectivity index (χ4v) is 4.33. The van der Waals surface area contributed by atoms with E-state index in [0.717, 1.165) is 70.9 Å². The van der Waals surface area contributed by atoms with Crippen molar-refractivity contribution in [3.8, 4) is 0 Å². The Morgan fingerprint density at radius 2 is 2.00 bits per heavy atom. The van der Waals surface area contributed by atoms with Crippen LogP contribution in [0.15, 0.2) is 41.4 Å². The van der Waals surface area contributed by atoms with E-state index >= 15 is 0 Å². The van der Waals surface area contributed by atoms with E-state index < -0.39 is 0 Å². The van der Waals surface area contributed by atoms with Crippen LogP contribution in [0.2, 0.25) is 0 Å². The number of nitrogens with zero attached hydrogens (tertiary/aromatic N) is 4. The van der Waals surface area contributed by atoms with Crippen LogP contribution >= 0.6 is 24.0 Å². The Morgan fingerprint density at radius 3 is 2.65 bits per heavy atom. The molecular weight excluding hydrogens is 501 g/mol. The Hall–Kier alpha value is -1.61. The van der Waals surface area contributed by atoms with Crippen molar-refractivity contribution in [1.29, 1.82) is 0 Å². The van der Waals surface area contributed by atoms with Crippen molar-refractivity contribution >= 4 is 41.4 Å². The van der Waals surface area contributed by atoms with E-state index in [9.17, 15) is 4.79 Å². The van der Waals surface area contributed by atoms with E-state index in [0.29, 0.717) is 0 Å². The van der Waals surface area contributed by atoms with E-state index in [1.165, 1.54) is 11.1 Å². The number of hydrogen-bond donors (Lipinski definition) is 1. The lowest BCUT2D eigenvalue weighted by molar-refractivity contribution is -0.133. The molecule has 0 bridgehead atoms. The Morgan fingerprint density at radius 1 is 1.23 bits per heavy atom. The molecule has 2 aliphatic heterocycles. The smallest absolute Gasteiger partial charge is 0.239 e. The molecule has 31 heavy (non-hydrogen) atoms. The van der Waals surface area contributed by atoms with Gasteiger partial charge >= 0.3 is 0 Å². The van der Waals surface area contributed by atoms with Gasteiger partial charge in [-0.15, -0.1) is 24.0 Å². The Kier molecular flexibility index (Phi) is 10.8. The topological polar surface area (TPSA) is 51.2 Å². The third-order valence-corrected chi connectivity index (χ3v) is 5.94. The van der Waals surface area contributed by atoms with Gasteiger partial charge in [0.15, 0.2) is 5.96 Å². The molecule has 2 aliphatic rings. The van der Waals surface area contributed by atoms with Gasteiger partial charge in [0.25, 0.3) is 0 Å². The number of nitrogens with one attached hydrogen (secondary N) is 1. The minimum atomic E-state index is 0. The second kappa shape index (κ2) is 13.1. The van der Waals surface area contributed by atoms with Crippen LogP contribution in [0.25, 0.3) is 5.57 Å². The van der Waals surface area contributed by atoms with Crippen LogP contribution in [0, 0.1) is 0 Å². The number of aliphatic imine (C=N–C) groups is 1. The lowest BCUT2D eigenvalue weighted by Crippen LogP contribution is -2.44. The summed E-state index contributed by atoms with van der Waals surface area (Å²) in [6.45, 7) is 7.61. The highest BCUT2D eigenvalue weighted by atomic mass is 127. The molecular formula is C24H38IN5O. The van der Waals surface area contributed by atoms with Crippen LogP contribution < -0.4 is 5.32 Å². The molecule has 0 saturated carbocycles. The third kappa shape index (κ3) is 7.20. The zero-order valence-corrected chi connectivity index (χ0v) is 21.5. The molecule has 1 amide bonds. The molecule has 1 fully saturated rings. The Bertz CT molecular complexity index is 750. The highest BCUT2D eigenvalue weighted by molar-refractivity contribution is 14.0. The zero-order valence-electron chi connectivity index (χ0n) is 19.2. The molecule has 1 saturated heterocycles. The number of rotatable bonds is 7. The number of carbonyl (C=O) groups excluding carboxylic acids is 1. The molecule has 6 nitrogen and oxygen atoms in total. The van der Waals surface area contributed by atoms with Crippen molar-refractivity contribution in [1.82, 2.24) is 20.0 Å². The molecule has 1 aromatic carbocycles.